The first-order valence-corrected chi connectivity index (χ1v) is 7.54. The molecule has 2 atom stereocenters. The normalized spacial score (nSPS) is 16.6. The lowest BCUT2D eigenvalue weighted by Crippen LogP contribution is -2.52. The van der Waals surface area contributed by atoms with Crippen molar-refractivity contribution in [1.82, 2.24) is 0 Å². The standard InChI is InChI=1S/C15H20O10/c1-5-20-11(16)9(3)24-13(18)15(22-7-8-23-15)14(19)25-10(4)12(17)21-6-2/h7-10H,5-6H2,1-4H3. The van der Waals surface area contributed by atoms with E-state index < -0.39 is 41.9 Å². The number of ether oxygens (including phenoxy) is 6. The van der Waals surface area contributed by atoms with Crippen molar-refractivity contribution >= 4 is 23.9 Å². The predicted octanol–water partition coefficient (Wildman–Crippen LogP) is 0.190. The van der Waals surface area contributed by atoms with Gasteiger partial charge in [-0.05, 0) is 27.7 Å². The molecular weight excluding hydrogens is 340 g/mol. The first-order valence-electron chi connectivity index (χ1n) is 7.54. The molecule has 0 N–H and O–H groups in total. The molecule has 140 valence electrons. The zero-order valence-corrected chi connectivity index (χ0v) is 14.3. The minimum absolute atomic E-state index is 0.0829. The van der Waals surface area contributed by atoms with Gasteiger partial charge in [-0.25, -0.2) is 19.2 Å². The number of rotatable bonds is 8. The minimum atomic E-state index is -2.61. The van der Waals surface area contributed by atoms with Crippen LogP contribution in [0.2, 0.25) is 0 Å². The van der Waals surface area contributed by atoms with Gasteiger partial charge in [-0.2, -0.15) is 0 Å². The third kappa shape index (κ3) is 4.85. The van der Waals surface area contributed by atoms with Gasteiger partial charge in [0.05, 0.1) is 13.2 Å². The highest BCUT2D eigenvalue weighted by atomic mass is 16.8. The molecule has 0 saturated heterocycles. The van der Waals surface area contributed by atoms with Crippen LogP contribution in [-0.4, -0.2) is 55.1 Å². The first-order chi connectivity index (χ1) is 11.8. The largest absolute Gasteiger partial charge is 0.463 e. The Balaban J connectivity index is 2.82. The Morgan fingerprint density at radius 2 is 1.20 bits per heavy atom. The molecule has 0 aromatic carbocycles. The van der Waals surface area contributed by atoms with Gasteiger partial charge in [0.25, 0.3) is 0 Å². The van der Waals surface area contributed by atoms with Crippen LogP contribution in [0.15, 0.2) is 12.5 Å². The Kier molecular flexibility index (Phi) is 7.22. The second-order valence-corrected chi connectivity index (χ2v) is 4.72. The van der Waals surface area contributed by atoms with Gasteiger partial charge in [0.1, 0.15) is 12.5 Å². The van der Waals surface area contributed by atoms with Crippen LogP contribution >= 0.6 is 0 Å². The second kappa shape index (κ2) is 8.90. The molecule has 0 bridgehead atoms. The monoisotopic (exact) mass is 360 g/mol. The zero-order valence-electron chi connectivity index (χ0n) is 14.3. The van der Waals surface area contributed by atoms with Crippen molar-refractivity contribution in [2.45, 2.75) is 45.7 Å². The van der Waals surface area contributed by atoms with Gasteiger partial charge in [0.15, 0.2) is 12.2 Å². The third-order valence-electron chi connectivity index (χ3n) is 2.87. The van der Waals surface area contributed by atoms with Crippen LogP contribution in [-0.2, 0) is 47.6 Å². The zero-order chi connectivity index (χ0) is 19.0. The van der Waals surface area contributed by atoms with Crippen molar-refractivity contribution in [2.24, 2.45) is 0 Å². The van der Waals surface area contributed by atoms with E-state index in [-0.39, 0.29) is 13.2 Å². The maximum atomic E-state index is 12.3. The number of hydrogen-bond donors (Lipinski definition) is 0. The Labute approximate surface area is 143 Å². The van der Waals surface area contributed by atoms with Crippen molar-refractivity contribution in [2.75, 3.05) is 13.2 Å². The fraction of sp³-hybridized carbons (Fsp3) is 0.600. The molecule has 0 aliphatic carbocycles. The van der Waals surface area contributed by atoms with E-state index >= 15 is 0 Å². The lowest BCUT2D eigenvalue weighted by molar-refractivity contribution is -0.224. The van der Waals surface area contributed by atoms with Crippen molar-refractivity contribution in [3.8, 4) is 0 Å². The summed E-state index contributed by atoms with van der Waals surface area (Å²) in [6, 6.07) is 0. The summed E-state index contributed by atoms with van der Waals surface area (Å²) >= 11 is 0. The molecule has 25 heavy (non-hydrogen) atoms. The lowest BCUT2D eigenvalue weighted by atomic mass is 10.2. The van der Waals surface area contributed by atoms with E-state index in [0.717, 1.165) is 12.5 Å². The van der Waals surface area contributed by atoms with Crippen LogP contribution < -0.4 is 0 Å². The van der Waals surface area contributed by atoms with Crippen LogP contribution in [0.25, 0.3) is 0 Å². The maximum absolute atomic E-state index is 12.3. The summed E-state index contributed by atoms with van der Waals surface area (Å²) in [5.41, 5.74) is 0. The van der Waals surface area contributed by atoms with Crippen LogP contribution in [0.4, 0.5) is 0 Å². The van der Waals surface area contributed by atoms with Gasteiger partial charge in [0, 0.05) is 0 Å². The van der Waals surface area contributed by atoms with E-state index in [1.54, 1.807) is 13.8 Å². The lowest BCUT2D eigenvalue weighted by Gasteiger charge is -2.25. The second-order valence-electron chi connectivity index (χ2n) is 4.72. The average Bonchev–Trinajstić information content (AvgIpc) is 3.06. The molecule has 0 saturated carbocycles. The van der Waals surface area contributed by atoms with Crippen LogP contribution in [0.3, 0.4) is 0 Å². The summed E-state index contributed by atoms with van der Waals surface area (Å²) in [6.45, 7) is 5.82. The Hall–Kier alpha value is -2.78. The molecule has 1 rings (SSSR count). The molecular formula is C15H20O10. The van der Waals surface area contributed by atoms with Crippen molar-refractivity contribution in [1.29, 1.82) is 0 Å². The molecule has 0 spiro atoms. The molecule has 0 amide bonds. The molecule has 2 unspecified atom stereocenters. The van der Waals surface area contributed by atoms with E-state index in [1.807, 2.05) is 0 Å². The molecule has 1 aliphatic heterocycles. The number of esters is 4. The average molecular weight is 360 g/mol. The molecule has 0 aromatic heterocycles. The van der Waals surface area contributed by atoms with Crippen LogP contribution in [0, 0.1) is 0 Å². The molecule has 1 heterocycles. The number of carbonyl (C=O) groups excluding carboxylic acids is 4. The van der Waals surface area contributed by atoms with E-state index in [2.05, 4.69) is 0 Å². The minimum Gasteiger partial charge on any atom is -0.463 e. The fourth-order valence-corrected chi connectivity index (χ4v) is 1.64. The Morgan fingerprint density at radius 3 is 1.52 bits per heavy atom. The summed E-state index contributed by atoms with van der Waals surface area (Å²) in [7, 11) is 0. The Morgan fingerprint density at radius 1 is 0.840 bits per heavy atom. The third-order valence-corrected chi connectivity index (χ3v) is 2.87. The molecule has 10 heteroatoms. The van der Waals surface area contributed by atoms with Gasteiger partial charge >= 0.3 is 29.7 Å². The van der Waals surface area contributed by atoms with Gasteiger partial charge in [0.2, 0.25) is 0 Å². The van der Waals surface area contributed by atoms with Crippen molar-refractivity contribution in [3.05, 3.63) is 12.5 Å². The van der Waals surface area contributed by atoms with E-state index in [0.29, 0.717) is 0 Å². The summed E-state index contributed by atoms with van der Waals surface area (Å²) in [4.78, 5) is 47.6. The smallest absolute Gasteiger partial charge is 0.452 e. The van der Waals surface area contributed by atoms with Gasteiger partial charge in [-0.1, -0.05) is 0 Å². The van der Waals surface area contributed by atoms with Gasteiger partial charge in [-0.3, -0.25) is 0 Å². The van der Waals surface area contributed by atoms with Gasteiger partial charge < -0.3 is 28.4 Å². The van der Waals surface area contributed by atoms with E-state index in [4.69, 9.17) is 28.4 Å². The highest BCUT2D eigenvalue weighted by Gasteiger charge is 2.58. The summed E-state index contributed by atoms with van der Waals surface area (Å²) in [5.74, 6) is -6.91. The summed E-state index contributed by atoms with van der Waals surface area (Å²) in [5, 5.41) is 0. The molecule has 0 radical (unpaired) electrons. The predicted molar refractivity (Wildman–Crippen MR) is 78.4 cm³/mol. The first kappa shape index (κ1) is 20.3. The van der Waals surface area contributed by atoms with Crippen LogP contribution in [0.5, 0.6) is 0 Å². The number of hydrogen-bond acceptors (Lipinski definition) is 10. The SMILES string of the molecule is CCOC(=O)C(C)OC(=O)C1(C(=O)OC(C)C(=O)OCC)OC=CO1. The van der Waals surface area contributed by atoms with Gasteiger partial charge in [-0.15, -0.1) is 0 Å². The topological polar surface area (TPSA) is 124 Å². The summed E-state index contributed by atoms with van der Waals surface area (Å²) < 4.78 is 28.8. The van der Waals surface area contributed by atoms with Crippen molar-refractivity contribution < 1.29 is 47.6 Å². The Bertz CT molecular complexity index is 505. The summed E-state index contributed by atoms with van der Waals surface area (Å²) in [6.07, 6.45) is -0.779. The van der Waals surface area contributed by atoms with Crippen molar-refractivity contribution in [3.63, 3.8) is 0 Å². The molecule has 0 fully saturated rings. The number of carbonyl (C=O) groups is 4. The maximum Gasteiger partial charge on any atom is 0.452 e. The molecule has 1 aliphatic rings. The van der Waals surface area contributed by atoms with Crippen LogP contribution in [0.1, 0.15) is 27.7 Å². The quantitative estimate of drug-likeness (QED) is 0.336. The molecule has 0 aromatic rings. The highest BCUT2D eigenvalue weighted by Crippen LogP contribution is 2.25. The van der Waals surface area contributed by atoms with E-state index in [9.17, 15) is 19.2 Å². The molecule has 10 nitrogen and oxygen atoms in total. The highest BCUT2D eigenvalue weighted by molar-refractivity contribution is 6.03. The van der Waals surface area contributed by atoms with E-state index in [1.165, 1.54) is 13.8 Å². The fourth-order valence-electron chi connectivity index (χ4n) is 1.64.